The van der Waals surface area contributed by atoms with E-state index in [1.807, 2.05) is 22.8 Å². The maximum absolute atomic E-state index is 13.0. The highest BCUT2D eigenvalue weighted by Gasteiger charge is 2.27. The molecule has 2 amide bonds. The Kier molecular flexibility index (Phi) is 4.68. The molecule has 0 aliphatic carbocycles. The lowest BCUT2D eigenvalue weighted by Gasteiger charge is -2.34. The number of H-pyrrole nitrogens is 1. The van der Waals surface area contributed by atoms with Gasteiger partial charge in [-0.05, 0) is 43.4 Å². The van der Waals surface area contributed by atoms with E-state index in [9.17, 15) is 4.79 Å². The van der Waals surface area contributed by atoms with Crippen LogP contribution in [0.2, 0.25) is 0 Å². The highest BCUT2D eigenvalue weighted by molar-refractivity contribution is 5.75. The van der Waals surface area contributed by atoms with Gasteiger partial charge in [-0.2, -0.15) is 5.10 Å². The number of aromatic amines is 1. The number of aromatic nitrogens is 2. The van der Waals surface area contributed by atoms with Crippen molar-refractivity contribution in [2.24, 2.45) is 5.92 Å². The van der Waals surface area contributed by atoms with E-state index in [1.54, 1.807) is 0 Å². The number of benzene rings is 1. The van der Waals surface area contributed by atoms with Crippen molar-refractivity contribution in [2.45, 2.75) is 33.2 Å². The summed E-state index contributed by atoms with van der Waals surface area (Å²) in [6.07, 6.45) is 2.16. The summed E-state index contributed by atoms with van der Waals surface area (Å²) < 4.78 is 5.99. The molecule has 144 valence electrons. The number of fused-ring (bicyclic) bond motifs is 1. The van der Waals surface area contributed by atoms with Crippen LogP contribution in [0.5, 0.6) is 5.75 Å². The van der Waals surface area contributed by atoms with E-state index in [0.29, 0.717) is 31.4 Å². The van der Waals surface area contributed by atoms with Gasteiger partial charge in [0, 0.05) is 30.3 Å². The number of hydrogen-bond acceptors (Lipinski definition) is 4. The summed E-state index contributed by atoms with van der Waals surface area (Å²) in [6, 6.07) is 6.04. The van der Waals surface area contributed by atoms with E-state index in [2.05, 4.69) is 29.3 Å². The number of nitrogens with two attached hydrogens (primary N) is 1. The van der Waals surface area contributed by atoms with Gasteiger partial charge in [0.05, 0.1) is 18.8 Å². The molecule has 2 aromatic rings. The molecule has 0 unspecified atom stereocenters. The molecule has 27 heavy (non-hydrogen) atoms. The smallest absolute Gasteiger partial charge is 0.320 e. The number of urea groups is 1. The number of amides is 2. The lowest BCUT2D eigenvalue weighted by atomic mass is 9.99. The Labute approximate surface area is 159 Å². The zero-order chi connectivity index (χ0) is 19.0. The topological polar surface area (TPSA) is 87.5 Å². The standard InChI is InChI=1S/C20H27N5O2/c1-13-3-5-24(6-4-13)20(26)25-7-8-27-19-14(2)9-15(10-16(19)12-25)17-11-18(21)23-22-17/h9-11,13H,3-8,12H2,1-2H3,(H3,21,22,23). The van der Waals surface area contributed by atoms with E-state index in [1.165, 1.54) is 0 Å². The average molecular weight is 369 g/mol. The minimum atomic E-state index is 0.116. The molecule has 1 aromatic carbocycles. The number of likely N-dealkylation sites (tertiary alicyclic amines) is 1. The van der Waals surface area contributed by atoms with Crippen molar-refractivity contribution in [3.05, 3.63) is 29.3 Å². The van der Waals surface area contributed by atoms with E-state index in [0.717, 1.165) is 54.1 Å². The van der Waals surface area contributed by atoms with Crippen molar-refractivity contribution in [1.29, 1.82) is 0 Å². The monoisotopic (exact) mass is 369 g/mol. The molecule has 0 radical (unpaired) electrons. The fourth-order valence-electron chi connectivity index (χ4n) is 3.91. The van der Waals surface area contributed by atoms with E-state index in [4.69, 9.17) is 10.5 Å². The molecule has 1 fully saturated rings. The summed E-state index contributed by atoms with van der Waals surface area (Å²) in [4.78, 5) is 16.9. The second kappa shape index (κ2) is 7.13. The molecule has 3 N–H and O–H groups in total. The Morgan fingerprint density at radius 1 is 1.22 bits per heavy atom. The molecule has 1 saturated heterocycles. The van der Waals surface area contributed by atoms with Crippen LogP contribution in [0.1, 0.15) is 30.9 Å². The van der Waals surface area contributed by atoms with Crippen LogP contribution in [-0.2, 0) is 6.54 Å². The minimum Gasteiger partial charge on any atom is -0.491 e. The minimum absolute atomic E-state index is 0.116. The van der Waals surface area contributed by atoms with Gasteiger partial charge in [-0.15, -0.1) is 0 Å². The predicted molar refractivity (Wildman–Crippen MR) is 104 cm³/mol. The highest BCUT2D eigenvalue weighted by Crippen LogP contribution is 2.33. The molecule has 0 bridgehead atoms. The van der Waals surface area contributed by atoms with Crippen molar-refractivity contribution < 1.29 is 9.53 Å². The number of rotatable bonds is 1. The Morgan fingerprint density at radius 2 is 2.00 bits per heavy atom. The van der Waals surface area contributed by atoms with Crippen LogP contribution < -0.4 is 10.5 Å². The number of carbonyl (C=O) groups is 1. The van der Waals surface area contributed by atoms with Crippen molar-refractivity contribution >= 4 is 11.8 Å². The van der Waals surface area contributed by atoms with Crippen LogP contribution in [0.15, 0.2) is 18.2 Å². The Hall–Kier alpha value is -2.70. The molecule has 2 aliphatic heterocycles. The van der Waals surface area contributed by atoms with Gasteiger partial charge in [-0.3, -0.25) is 5.10 Å². The lowest BCUT2D eigenvalue weighted by molar-refractivity contribution is 0.129. The summed E-state index contributed by atoms with van der Waals surface area (Å²) in [5.74, 6) is 2.11. The van der Waals surface area contributed by atoms with Crippen molar-refractivity contribution in [3.63, 3.8) is 0 Å². The lowest BCUT2D eigenvalue weighted by Crippen LogP contribution is -2.46. The van der Waals surface area contributed by atoms with Gasteiger partial charge in [0.15, 0.2) is 0 Å². The second-order valence-corrected chi connectivity index (χ2v) is 7.71. The fourth-order valence-corrected chi connectivity index (χ4v) is 3.91. The maximum Gasteiger partial charge on any atom is 0.320 e. The molecule has 4 rings (SSSR count). The quantitative estimate of drug-likeness (QED) is 0.809. The molecule has 1 aromatic heterocycles. The SMILES string of the molecule is Cc1cc(-c2cc(N)[nH]n2)cc2c1OCCN(C(=O)N1CCC(C)CC1)C2. The van der Waals surface area contributed by atoms with Crippen molar-refractivity contribution in [2.75, 3.05) is 32.0 Å². The third-order valence-electron chi connectivity index (χ3n) is 5.54. The molecule has 0 saturated carbocycles. The number of piperidine rings is 1. The summed E-state index contributed by atoms with van der Waals surface area (Å²) in [6.45, 7) is 7.63. The molecule has 7 heteroatoms. The number of nitrogen functional groups attached to an aromatic ring is 1. The van der Waals surface area contributed by atoms with Crippen LogP contribution in [0.25, 0.3) is 11.3 Å². The summed E-state index contributed by atoms with van der Waals surface area (Å²) in [5.41, 5.74) is 9.61. The first-order valence-corrected chi connectivity index (χ1v) is 9.62. The Balaban J connectivity index is 1.59. The Morgan fingerprint density at radius 3 is 2.70 bits per heavy atom. The van der Waals surface area contributed by atoms with Gasteiger partial charge in [-0.25, -0.2) is 4.79 Å². The summed E-state index contributed by atoms with van der Waals surface area (Å²) in [7, 11) is 0. The maximum atomic E-state index is 13.0. The molecular formula is C20H27N5O2. The van der Waals surface area contributed by atoms with E-state index < -0.39 is 0 Å². The first kappa shape index (κ1) is 17.7. The van der Waals surface area contributed by atoms with Gasteiger partial charge >= 0.3 is 6.03 Å². The zero-order valence-electron chi connectivity index (χ0n) is 16.0. The number of aryl methyl sites for hydroxylation is 1. The highest BCUT2D eigenvalue weighted by atomic mass is 16.5. The zero-order valence-corrected chi connectivity index (χ0v) is 16.0. The molecule has 3 heterocycles. The number of carbonyl (C=O) groups excluding carboxylic acids is 1. The predicted octanol–water partition coefficient (Wildman–Crippen LogP) is 3.01. The van der Waals surface area contributed by atoms with Crippen LogP contribution in [0.3, 0.4) is 0 Å². The molecule has 0 atom stereocenters. The summed E-state index contributed by atoms with van der Waals surface area (Å²) in [5, 5.41) is 7.03. The fraction of sp³-hybridized carbons (Fsp3) is 0.500. The number of nitrogens with zero attached hydrogens (tertiary/aromatic N) is 3. The molecule has 0 spiro atoms. The number of nitrogens with one attached hydrogen (secondary N) is 1. The molecule has 2 aliphatic rings. The number of hydrogen-bond donors (Lipinski definition) is 2. The first-order valence-electron chi connectivity index (χ1n) is 9.62. The number of ether oxygens (including phenoxy) is 1. The van der Waals surface area contributed by atoms with Crippen LogP contribution in [-0.4, -0.2) is 52.3 Å². The Bertz CT molecular complexity index is 839. The van der Waals surface area contributed by atoms with E-state index in [-0.39, 0.29) is 6.03 Å². The van der Waals surface area contributed by atoms with Crippen LogP contribution in [0, 0.1) is 12.8 Å². The average Bonchev–Trinajstić information content (AvgIpc) is 2.97. The van der Waals surface area contributed by atoms with Crippen LogP contribution in [0.4, 0.5) is 10.6 Å². The van der Waals surface area contributed by atoms with Crippen molar-refractivity contribution in [3.8, 4) is 17.0 Å². The van der Waals surface area contributed by atoms with E-state index >= 15 is 0 Å². The van der Waals surface area contributed by atoms with Gasteiger partial charge < -0.3 is 20.3 Å². The molecule has 7 nitrogen and oxygen atoms in total. The van der Waals surface area contributed by atoms with Gasteiger partial charge in [0.1, 0.15) is 18.2 Å². The van der Waals surface area contributed by atoms with Gasteiger partial charge in [0.2, 0.25) is 0 Å². The number of anilines is 1. The summed E-state index contributed by atoms with van der Waals surface area (Å²) >= 11 is 0. The largest absolute Gasteiger partial charge is 0.491 e. The van der Waals surface area contributed by atoms with Gasteiger partial charge in [0.25, 0.3) is 0 Å². The normalized spacial score (nSPS) is 18.0. The van der Waals surface area contributed by atoms with Crippen molar-refractivity contribution in [1.82, 2.24) is 20.0 Å². The third kappa shape index (κ3) is 3.59. The van der Waals surface area contributed by atoms with Gasteiger partial charge in [-0.1, -0.05) is 6.92 Å². The van der Waals surface area contributed by atoms with Crippen LogP contribution >= 0.6 is 0 Å². The third-order valence-corrected chi connectivity index (χ3v) is 5.54. The second-order valence-electron chi connectivity index (χ2n) is 7.71. The first-order chi connectivity index (χ1) is 13.0. The molecular weight excluding hydrogens is 342 g/mol.